The molecule has 1 fully saturated rings. The molecule has 19 heavy (non-hydrogen) atoms. The summed E-state index contributed by atoms with van der Waals surface area (Å²) in [5.74, 6) is 1.73. The van der Waals surface area contributed by atoms with Gasteiger partial charge in [0.25, 0.3) is 0 Å². The van der Waals surface area contributed by atoms with Crippen molar-refractivity contribution in [1.29, 1.82) is 0 Å². The highest BCUT2D eigenvalue weighted by molar-refractivity contribution is 5.60. The molecule has 2 rings (SSSR count). The smallest absolute Gasteiger partial charge is 0.314 e. The summed E-state index contributed by atoms with van der Waals surface area (Å²) in [7, 11) is 0. The van der Waals surface area contributed by atoms with Crippen molar-refractivity contribution < 1.29 is 4.92 Å². The third kappa shape index (κ3) is 3.22. The Hall–Kier alpha value is -1.65. The van der Waals surface area contributed by atoms with Crippen molar-refractivity contribution in [3.8, 4) is 0 Å². The summed E-state index contributed by atoms with van der Waals surface area (Å²) in [5.41, 5.74) is 0.757. The standard InChI is InChI=1S/C14H21N3O2/c1-9-6-10(2)8-12(7-9)16-14-13(17(18)19)11(3)4-5-15-14/h4-5,9-10,12H,6-8H2,1-3H3,(H,15,16). The fraction of sp³-hybridized carbons (Fsp3) is 0.643. The molecule has 2 unspecified atom stereocenters. The molecule has 0 aliphatic heterocycles. The zero-order chi connectivity index (χ0) is 14.0. The largest absolute Gasteiger partial charge is 0.362 e. The van der Waals surface area contributed by atoms with E-state index in [-0.39, 0.29) is 16.7 Å². The Morgan fingerprint density at radius 2 is 1.95 bits per heavy atom. The van der Waals surface area contributed by atoms with Crippen LogP contribution in [0, 0.1) is 28.9 Å². The van der Waals surface area contributed by atoms with Gasteiger partial charge in [-0.15, -0.1) is 0 Å². The van der Waals surface area contributed by atoms with Crippen LogP contribution in [0.15, 0.2) is 12.3 Å². The van der Waals surface area contributed by atoms with E-state index < -0.39 is 0 Å². The number of nitrogens with zero attached hydrogens (tertiary/aromatic N) is 2. The van der Waals surface area contributed by atoms with Gasteiger partial charge in [0.05, 0.1) is 4.92 Å². The summed E-state index contributed by atoms with van der Waals surface area (Å²) >= 11 is 0. The Labute approximate surface area is 113 Å². The highest BCUT2D eigenvalue weighted by atomic mass is 16.6. The lowest BCUT2D eigenvalue weighted by Gasteiger charge is -2.32. The molecule has 1 saturated carbocycles. The molecule has 0 saturated heterocycles. The zero-order valence-corrected chi connectivity index (χ0v) is 11.7. The molecule has 1 aromatic rings. The number of hydrogen-bond donors (Lipinski definition) is 1. The molecule has 0 spiro atoms. The maximum atomic E-state index is 11.1. The van der Waals surface area contributed by atoms with Crippen LogP contribution in [0.3, 0.4) is 0 Å². The average molecular weight is 263 g/mol. The van der Waals surface area contributed by atoms with Crippen molar-refractivity contribution in [2.75, 3.05) is 5.32 Å². The number of nitro groups is 1. The summed E-state index contributed by atoms with van der Waals surface area (Å²) in [4.78, 5) is 14.9. The third-order valence-corrected chi connectivity index (χ3v) is 3.83. The van der Waals surface area contributed by atoms with Gasteiger partial charge in [-0.3, -0.25) is 10.1 Å². The van der Waals surface area contributed by atoms with Gasteiger partial charge in [-0.25, -0.2) is 4.98 Å². The molecule has 1 N–H and O–H groups in total. The van der Waals surface area contributed by atoms with E-state index in [9.17, 15) is 10.1 Å². The van der Waals surface area contributed by atoms with Crippen molar-refractivity contribution >= 4 is 11.5 Å². The maximum absolute atomic E-state index is 11.1. The topological polar surface area (TPSA) is 68.1 Å². The number of nitrogens with one attached hydrogen (secondary N) is 1. The quantitative estimate of drug-likeness (QED) is 0.669. The van der Waals surface area contributed by atoms with Gasteiger partial charge in [-0.05, 0) is 44.1 Å². The Balaban J connectivity index is 2.19. The average Bonchev–Trinajstić information content (AvgIpc) is 2.26. The van der Waals surface area contributed by atoms with E-state index in [0.29, 0.717) is 23.2 Å². The van der Waals surface area contributed by atoms with Gasteiger partial charge in [0.2, 0.25) is 5.82 Å². The van der Waals surface area contributed by atoms with Gasteiger partial charge >= 0.3 is 5.69 Å². The highest BCUT2D eigenvalue weighted by Gasteiger charge is 2.27. The first-order valence-electron chi connectivity index (χ1n) is 6.84. The number of anilines is 1. The van der Waals surface area contributed by atoms with E-state index in [4.69, 9.17) is 0 Å². The first kappa shape index (κ1) is 13.8. The second kappa shape index (κ2) is 5.55. The molecule has 2 atom stereocenters. The molecule has 0 radical (unpaired) electrons. The molecule has 0 aromatic carbocycles. The molecular formula is C14H21N3O2. The first-order valence-corrected chi connectivity index (χ1v) is 6.84. The van der Waals surface area contributed by atoms with E-state index in [1.165, 1.54) is 6.42 Å². The molecule has 0 amide bonds. The lowest BCUT2D eigenvalue weighted by molar-refractivity contribution is -0.384. The van der Waals surface area contributed by atoms with Crippen LogP contribution in [0.5, 0.6) is 0 Å². The van der Waals surface area contributed by atoms with Crippen LogP contribution in [0.4, 0.5) is 11.5 Å². The number of rotatable bonds is 3. The van der Waals surface area contributed by atoms with Crippen molar-refractivity contribution in [3.63, 3.8) is 0 Å². The SMILES string of the molecule is Cc1ccnc(NC2CC(C)CC(C)C2)c1[N+](=O)[O-]. The number of aromatic nitrogens is 1. The second-order valence-electron chi connectivity index (χ2n) is 5.84. The fourth-order valence-electron chi connectivity index (χ4n) is 3.14. The highest BCUT2D eigenvalue weighted by Crippen LogP contribution is 2.33. The normalized spacial score (nSPS) is 27.0. The fourth-order valence-corrected chi connectivity index (χ4v) is 3.14. The van der Waals surface area contributed by atoms with Crippen LogP contribution in [0.25, 0.3) is 0 Å². The van der Waals surface area contributed by atoms with E-state index in [0.717, 1.165) is 12.8 Å². The zero-order valence-electron chi connectivity index (χ0n) is 11.7. The summed E-state index contributed by atoms with van der Waals surface area (Å²) in [6.07, 6.45) is 4.97. The van der Waals surface area contributed by atoms with Crippen molar-refractivity contribution in [2.45, 2.75) is 46.1 Å². The molecule has 0 bridgehead atoms. The molecule has 5 nitrogen and oxygen atoms in total. The lowest BCUT2D eigenvalue weighted by Crippen LogP contribution is -2.30. The summed E-state index contributed by atoms with van der Waals surface area (Å²) in [5, 5.41) is 14.4. The lowest BCUT2D eigenvalue weighted by atomic mass is 9.80. The Kier molecular flexibility index (Phi) is 4.02. The van der Waals surface area contributed by atoms with Gasteiger partial charge in [0.15, 0.2) is 0 Å². The van der Waals surface area contributed by atoms with Crippen LogP contribution in [-0.4, -0.2) is 15.9 Å². The van der Waals surface area contributed by atoms with Gasteiger partial charge in [-0.1, -0.05) is 13.8 Å². The summed E-state index contributed by atoms with van der Waals surface area (Å²) < 4.78 is 0. The van der Waals surface area contributed by atoms with Crippen LogP contribution in [0.1, 0.15) is 38.7 Å². The van der Waals surface area contributed by atoms with Crippen molar-refractivity contribution in [2.24, 2.45) is 11.8 Å². The molecule has 1 aromatic heterocycles. The van der Waals surface area contributed by atoms with Gasteiger partial charge in [0.1, 0.15) is 0 Å². The Morgan fingerprint density at radius 1 is 1.32 bits per heavy atom. The van der Waals surface area contributed by atoms with Gasteiger partial charge < -0.3 is 5.32 Å². The minimum Gasteiger partial charge on any atom is -0.362 e. The van der Waals surface area contributed by atoms with E-state index >= 15 is 0 Å². The minimum atomic E-state index is -0.347. The van der Waals surface area contributed by atoms with Crippen molar-refractivity contribution in [3.05, 3.63) is 27.9 Å². The predicted octanol–water partition coefficient (Wildman–Crippen LogP) is 3.53. The number of hydrogen-bond acceptors (Lipinski definition) is 4. The van der Waals surface area contributed by atoms with Crippen LogP contribution >= 0.6 is 0 Å². The van der Waals surface area contributed by atoms with Crippen LogP contribution in [-0.2, 0) is 0 Å². The molecule has 1 aliphatic rings. The summed E-state index contributed by atoms with van der Waals surface area (Å²) in [6, 6.07) is 1.96. The van der Waals surface area contributed by atoms with E-state index in [2.05, 4.69) is 24.1 Å². The molecular weight excluding hydrogens is 242 g/mol. The molecule has 5 heteroatoms. The monoisotopic (exact) mass is 263 g/mol. The Bertz CT molecular complexity index is 466. The third-order valence-electron chi connectivity index (χ3n) is 3.83. The van der Waals surface area contributed by atoms with E-state index in [1.807, 2.05) is 0 Å². The van der Waals surface area contributed by atoms with Crippen LogP contribution in [0.2, 0.25) is 0 Å². The summed E-state index contributed by atoms with van der Waals surface area (Å²) in [6.45, 7) is 6.22. The Morgan fingerprint density at radius 3 is 2.53 bits per heavy atom. The molecule has 1 aliphatic carbocycles. The van der Waals surface area contributed by atoms with Gasteiger partial charge in [-0.2, -0.15) is 0 Å². The van der Waals surface area contributed by atoms with E-state index in [1.54, 1.807) is 19.2 Å². The minimum absolute atomic E-state index is 0.105. The van der Waals surface area contributed by atoms with Gasteiger partial charge in [0, 0.05) is 17.8 Å². The number of aryl methyl sites for hydroxylation is 1. The molecule has 104 valence electrons. The molecule has 1 heterocycles. The first-order chi connectivity index (χ1) is 8.97. The van der Waals surface area contributed by atoms with Crippen LogP contribution < -0.4 is 5.32 Å². The maximum Gasteiger partial charge on any atom is 0.314 e. The van der Waals surface area contributed by atoms with Crippen molar-refractivity contribution in [1.82, 2.24) is 4.98 Å². The number of pyridine rings is 1. The predicted molar refractivity (Wildman–Crippen MR) is 75.2 cm³/mol. The second-order valence-corrected chi connectivity index (χ2v) is 5.84.